The minimum atomic E-state index is -1.09. The van der Waals surface area contributed by atoms with Crippen molar-refractivity contribution in [3.05, 3.63) is 155 Å². The van der Waals surface area contributed by atoms with E-state index in [1.807, 2.05) is 85.8 Å². The van der Waals surface area contributed by atoms with Crippen LogP contribution in [-0.4, -0.2) is 20.4 Å². The smallest absolute Gasteiger partial charge is 0.120 e. The van der Waals surface area contributed by atoms with Crippen LogP contribution in [0.15, 0.2) is 127 Å². The maximum Gasteiger partial charge on any atom is 0.120 e. The predicted molar refractivity (Wildman–Crippen MR) is 150 cm³/mol. The molecule has 0 aromatic heterocycles. The highest BCUT2D eigenvalue weighted by atomic mass is 16.3. The largest absolute Gasteiger partial charge is 0.508 e. The number of hydrogen-bond acceptors (Lipinski definition) is 4. The first-order chi connectivity index (χ1) is 18.4. The van der Waals surface area contributed by atoms with E-state index in [0.29, 0.717) is 22.3 Å². The van der Waals surface area contributed by atoms with Gasteiger partial charge in [0.15, 0.2) is 0 Å². The van der Waals surface area contributed by atoms with Crippen molar-refractivity contribution in [2.75, 3.05) is 0 Å². The van der Waals surface area contributed by atoms with Gasteiger partial charge >= 0.3 is 0 Å². The molecule has 0 aliphatic carbocycles. The maximum absolute atomic E-state index is 11.3. The first-order valence-corrected chi connectivity index (χ1v) is 12.6. The first kappa shape index (κ1) is 25.0. The molecule has 0 aliphatic rings. The molecule has 0 fully saturated rings. The summed E-state index contributed by atoms with van der Waals surface area (Å²) in [7, 11) is 0. The molecule has 0 radical (unpaired) electrons. The van der Waals surface area contributed by atoms with Crippen LogP contribution in [0.2, 0.25) is 0 Å². The van der Waals surface area contributed by atoms with Gasteiger partial charge in [0.25, 0.3) is 0 Å². The second-order valence-corrected chi connectivity index (χ2v) is 9.85. The molecule has 0 saturated carbocycles. The van der Waals surface area contributed by atoms with Crippen LogP contribution >= 0.6 is 0 Å². The lowest BCUT2D eigenvalue weighted by molar-refractivity contribution is 0.358. The molecule has 4 N–H and O–H groups in total. The Hall–Kier alpha value is -4.70. The topological polar surface area (TPSA) is 80.9 Å². The summed E-state index contributed by atoms with van der Waals surface area (Å²) >= 11 is 0. The highest BCUT2D eigenvalue weighted by Crippen LogP contribution is 2.56. The highest BCUT2D eigenvalue weighted by Gasteiger charge is 2.48. The van der Waals surface area contributed by atoms with Gasteiger partial charge in [0.05, 0.1) is 5.41 Å². The van der Waals surface area contributed by atoms with Gasteiger partial charge in [-0.25, -0.2) is 0 Å². The number of phenols is 4. The average Bonchev–Trinajstić information content (AvgIpc) is 2.93. The molecule has 0 amide bonds. The predicted octanol–water partition coefficient (Wildman–Crippen LogP) is 7.24. The monoisotopic (exact) mass is 502 g/mol. The summed E-state index contributed by atoms with van der Waals surface area (Å²) in [6.45, 7) is 1.98. The Morgan fingerprint density at radius 3 is 1.11 bits per heavy atom. The van der Waals surface area contributed by atoms with Gasteiger partial charge in [-0.15, -0.1) is 0 Å². The quantitative estimate of drug-likeness (QED) is 0.177. The molecule has 0 unspecified atom stereocenters. The van der Waals surface area contributed by atoms with Gasteiger partial charge in [-0.2, -0.15) is 0 Å². The Labute approximate surface area is 222 Å². The molecule has 0 spiro atoms. The zero-order chi connectivity index (χ0) is 26.8. The van der Waals surface area contributed by atoms with Crippen molar-refractivity contribution in [3.8, 4) is 23.0 Å². The van der Waals surface area contributed by atoms with Gasteiger partial charge in [-0.3, -0.25) is 0 Å². The van der Waals surface area contributed by atoms with Crippen molar-refractivity contribution in [1.29, 1.82) is 0 Å². The molecular weight excluding hydrogens is 472 g/mol. The summed E-state index contributed by atoms with van der Waals surface area (Å²) in [5, 5.41) is 44.9. The van der Waals surface area contributed by atoms with Crippen LogP contribution in [0.1, 0.15) is 41.2 Å². The minimum Gasteiger partial charge on any atom is -0.508 e. The third kappa shape index (κ3) is 4.14. The summed E-state index contributed by atoms with van der Waals surface area (Å²) in [6, 6.07) is 38.3. The number of para-hydroxylation sites is 4. The molecule has 190 valence electrons. The van der Waals surface area contributed by atoms with E-state index in [-0.39, 0.29) is 29.4 Å². The lowest BCUT2D eigenvalue weighted by Gasteiger charge is -2.44. The number of aromatic hydroxyl groups is 4. The molecule has 0 atom stereocenters. The zero-order valence-electron chi connectivity index (χ0n) is 21.1. The van der Waals surface area contributed by atoms with E-state index in [1.165, 1.54) is 0 Å². The third-order valence-corrected chi connectivity index (χ3v) is 7.61. The SMILES string of the molecule is CC(CC(c1ccccc1)(c1ccccc1O)c1ccccc1O)(c1ccccc1O)c1ccccc1O. The summed E-state index contributed by atoms with van der Waals surface area (Å²) in [6.07, 6.45) is 0.258. The van der Waals surface area contributed by atoms with Crippen molar-refractivity contribution < 1.29 is 20.4 Å². The molecule has 5 aromatic carbocycles. The van der Waals surface area contributed by atoms with Gasteiger partial charge < -0.3 is 20.4 Å². The van der Waals surface area contributed by atoms with Crippen molar-refractivity contribution >= 4 is 0 Å². The molecule has 4 heteroatoms. The fraction of sp³-hybridized carbons (Fsp3) is 0.118. The van der Waals surface area contributed by atoms with Crippen LogP contribution in [0.3, 0.4) is 0 Å². The summed E-state index contributed by atoms with van der Waals surface area (Å²) < 4.78 is 0. The fourth-order valence-electron chi connectivity index (χ4n) is 5.89. The van der Waals surface area contributed by atoms with E-state index in [2.05, 4.69) is 0 Å². The van der Waals surface area contributed by atoms with Crippen LogP contribution in [0.5, 0.6) is 23.0 Å². The standard InChI is InChI=1S/C34H30O4/c1-33(25-15-5-9-19-29(25)35,26-16-6-10-20-30(26)36)23-34(24-13-3-2-4-14-24,27-17-7-11-21-31(27)37)28-18-8-12-22-32(28)38/h2-22,35-38H,23H2,1H3. The number of benzene rings is 5. The van der Waals surface area contributed by atoms with Crippen molar-refractivity contribution in [2.45, 2.75) is 24.2 Å². The first-order valence-electron chi connectivity index (χ1n) is 12.6. The van der Waals surface area contributed by atoms with Crippen molar-refractivity contribution in [2.24, 2.45) is 0 Å². The Balaban J connectivity index is 1.93. The molecule has 0 aliphatic heterocycles. The van der Waals surface area contributed by atoms with E-state index in [4.69, 9.17) is 0 Å². The Morgan fingerprint density at radius 2 is 0.737 bits per heavy atom. The lowest BCUT2D eigenvalue weighted by Crippen LogP contribution is -2.39. The van der Waals surface area contributed by atoms with Gasteiger partial charge in [0.2, 0.25) is 0 Å². The molecule has 5 aromatic rings. The van der Waals surface area contributed by atoms with Gasteiger partial charge in [0, 0.05) is 27.7 Å². The number of phenolic OH excluding ortho intramolecular Hbond substituents is 4. The Morgan fingerprint density at radius 1 is 0.421 bits per heavy atom. The second kappa shape index (κ2) is 9.98. The van der Waals surface area contributed by atoms with Crippen LogP contribution in [0.4, 0.5) is 0 Å². The van der Waals surface area contributed by atoms with E-state index >= 15 is 0 Å². The molecule has 0 saturated heterocycles. The molecule has 0 heterocycles. The van der Waals surface area contributed by atoms with E-state index in [9.17, 15) is 20.4 Å². The highest BCUT2D eigenvalue weighted by molar-refractivity contribution is 5.61. The van der Waals surface area contributed by atoms with Gasteiger partial charge in [0.1, 0.15) is 23.0 Å². The maximum atomic E-state index is 11.3. The third-order valence-electron chi connectivity index (χ3n) is 7.61. The van der Waals surface area contributed by atoms with Crippen LogP contribution in [0, 0.1) is 0 Å². The molecule has 5 rings (SSSR count). The molecule has 4 nitrogen and oxygen atoms in total. The van der Waals surface area contributed by atoms with E-state index in [1.54, 1.807) is 48.5 Å². The molecule has 0 bridgehead atoms. The molecular formula is C34H30O4. The second-order valence-electron chi connectivity index (χ2n) is 9.85. The zero-order valence-corrected chi connectivity index (χ0v) is 21.1. The summed E-state index contributed by atoms with van der Waals surface area (Å²) in [4.78, 5) is 0. The van der Waals surface area contributed by atoms with Gasteiger partial charge in [-0.1, -0.05) is 110 Å². The van der Waals surface area contributed by atoms with Gasteiger partial charge in [-0.05, 0) is 36.2 Å². The average molecular weight is 503 g/mol. The van der Waals surface area contributed by atoms with E-state index in [0.717, 1.165) is 5.56 Å². The van der Waals surface area contributed by atoms with Crippen LogP contribution in [-0.2, 0) is 10.8 Å². The number of hydrogen-bond donors (Lipinski definition) is 4. The Bertz CT molecular complexity index is 1470. The van der Waals surface area contributed by atoms with E-state index < -0.39 is 10.8 Å². The van der Waals surface area contributed by atoms with Crippen molar-refractivity contribution in [3.63, 3.8) is 0 Å². The fourth-order valence-corrected chi connectivity index (χ4v) is 5.89. The normalized spacial score (nSPS) is 11.8. The minimum absolute atomic E-state index is 0.0801. The molecule has 38 heavy (non-hydrogen) atoms. The Kier molecular flexibility index (Phi) is 6.56. The summed E-state index contributed by atoms with van der Waals surface area (Å²) in [5.41, 5.74) is 1.23. The number of rotatable bonds is 7. The van der Waals surface area contributed by atoms with Crippen LogP contribution < -0.4 is 0 Å². The summed E-state index contributed by atoms with van der Waals surface area (Å²) in [5.74, 6) is 0.345. The van der Waals surface area contributed by atoms with Crippen molar-refractivity contribution in [1.82, 2.24) is 0 Å². The van der Waals surface area contributed by atoms with Crippen LogP contribution in [0.25, 0.3) is 0 Å². The lowest BCUT2D eigenvalue weighted by atomic mass is 9.57.